The van der Waals surface area contributed by atoms with Crippen LogP contribution in [0.25, 0.3) is 10.2 Å². The molecule has 2 aromatic rings. The largest absolute Gasteiger partial charge is 0.376 e. The maximum absolute atomic E-state index is 6.25. The van der Waals surface area contributed by atoms with Crippen molar-refractivity contribution in [1.29, 1.82) is 0 Å². The Morgan fingerprint density at radius 2 is 2.26 bits per heavy atom. The van der Waals surface area contributed by atoms with Crippen molar-refractivity contribution in [2.24, 2.45) is 11.7 Å². The first kappa shape index (κ1) is 11.6. The topological polar surface area (TPSA) is 60.2 Å². The van der Waals surface area contributed by atoms with E-state index in [-0.39, 0.29) is 18.2 Å². The standard InChI is InChI=1S/C14H17N3OS/c15-11-8-4-3-7-18-13(8)12(11)17-14-16-9-5-1-2-6-10(9)19-14/h1-2,5-6,8,11-13H,3-4,7,15H2,(H,16,17). The average molecular weight is 275 g/mol. The summed E-state index contributed by atoms with van der Waals surface area (Å²) in [5, 5.41) is 4.43. The van der Waals surface area contributed by atoms with Crippen molar-refractivity contribution in [3.63, 3.8) is 0 Å². The highest BCUT2D eigenvalue weighted by molar-refractivity contribution is 7.22. The minimum atomic E-state index is 0.192. The molecule has 1 saturated heterocycles. The molecule has 4 atom stereocenters. The summed E-state index contributed by atoms with van der Waals surface area (Å²) < 4.78 is 7.05. The molecular weight excluding hydrogens is 258 g/mol. The van der Waals surface area contributed by atoms with E-state index in [9.17, 15) is 0 Å². The predicted octanol–water partition coefficient (Wildman–Crippen LogP) is 2.21. The van der Waals surface area contributed by atoms with Crippen molar-refractivity contribution >= 4 is 26.7 Å². The lowest BCUT2D eigenvalue weighted by Gasteiger charge is -2.52. The summed E-state index contributed by atoms with van der Waals surface area (Å²) in [6, 6.07) is 8.60. The Bertz CT molecular complexity index is 566. The van der Waals surface area contributed by atoms with Crippen LogP contribution in [0.5, 0.6) is 0 Å². The number of fused-ring (bicyclic) bond motifs is 2. The van der Waals surface area contributed by atoms with Crippen LogP contribution in [0.2, 0.25) is 0 Å². The summed E-state index contributed by atoms with van der Waals surface area (Å²) in [5.41, 5.74) is 7.30. The molecule has 1 aromatic heterocycles. The van der Waals surface area contributed by atoms with Gasteiger partial charge in [0.2, 0.25) is 0 Å². The van der Waals surface area contributed by atoms with Crippen LogP contribution in [-0.4, -0.2) is 29.8 Å². The van der Waals surface area contributed by atoms with E-state index < -0.39 is 0 Å². The highest BCUT2D eigenvalue weighted by Crippen LogP contribution is 2.39. The molecule has 2 heterocycles. The Morgan fingerprint density at radius 3 is 3.16 bits per heavy atom. The highest BCUT2D eigenvalue weighted by Gasteiger charge is 2.50. The Labute approximate surface area is 116 Å². The number of para-hydroxylation sites is 1. The van der Waals surface area contributed by atoms with Crippen molar-refractivity contribution in [3.8, 4) is 0 Å². The van der Waals surface area contributed by atoms with Crippen LogP contribution < -0.4 is 11.1 Å². The fourth-order valence-electron chi connectivity index (χ4n) is 3.20. The van der Waals surface area contributed by atoms with Gasteiger partial charge in [0, 0.05) is 18.6 Å². The van der Waals surface area contributed by atoms with Gasteiger partial charge in [0.15, 0.2) is 5.13 Å². The van der Waals surface area contributed by atoms with E-state index in [1.54, 1.807) is 11.3 Å². The zero-order chi connectivity index (χ0) is 12.8. The van der Waals surface area contributed by atoms with Crippen LogP contribution in [0.4, 0.5) is 5.13 Å². The summed E-state index contributed by atoms with van der Waals surface area (Å²) in [5.74, 6) is 0.528. The van der Waals surface area contributed by atoms with Gasteiger partial charge in [-0.1, -0.05) is 23.5 Å². The van der Waals surface area contributed by atoms with Gasteiger partial charge in [-0.2, -0.15) is 0 Å². The second-order valence-electron chi connectivity index (χ2n) is 5.38. The molecule has 2 fully saturated rings. The second-order valence-corrected chi connectivity index (χ2v) is 6.41. The molecule has 0 radical (unpaired) electrons. The fraction of sp³-hybridized carbons (Fsp3) is 0.500. The van der Waals surface area contributed by atoms with Crippen LogP contribution in [0.3, 0.4) is 0 Å². The number of hydrogen-bond donors (Lipinski definition) is 2. The summed E-state index contributed by atoms with van der Waals surface area (Å²) in [7, 11) is 0. The first-order valence-electron chi connectivity index (χ1n) is 6.82. The number of rotatable bonds is 2. The minimum Gasteiger partial charge on any atom is -0.376 e. The minimum absolute atomic E-state index is 0.192. The van der Waals surface area contributed by atoms with Crippen molar-refractivity contribution < 1.29 is 4.74 Å². The molecular formula is C14H17N3OS. The lowest BCUT2D eigenvalue weighted by Crippen LogP contribution is -2.69. The van der Waals surface area contributed by atoms with E-state index in [4.69, 9.17) is 10.5 Å². The van der Waals surface area contributed by atoms with Gasteiger partial charge in [0.1, 0.15) is 0 Å². The lowest BCUT2D eigenvalue weighted by molar-refractivity contribution is -0.104. The molecule has 1 saturated carbocycles. The Hall–Kier alpha value is -1.17. The Morgan fingerprint density at radius 1 is 1.37 bits per heavy atom. The van der Waals surface area contributed by atoms with Gasteiger partial charge in [-0.3, -0.25) is 0 Å². The summed E-state index contributed by atoms with van der Waals surface area (Å²) in [6.07, 6.45) is 2.61. The molecule has 100 valence electrons. The summed E-state index contributed by atoms with van der Waals surface area (Å²) >= 11 is 1.68. The van der Waals surface area contributed by atoms with Crippen molar-refractivity contribution in [3.05, 3.63) is 24.3 Å². The monoisotopic (exact) mass is 275 g/mol. The SMILES string of the molecule is NC1C2CCCOC2C1Nc1nc2ccccc2s1. The van der Waals surface area contributed by atoms with Crippen molar-refractivity contribution in [1.82, 2.24) is 4.98 Å². The normalized spacial score (nSPS) is 33.7. The van der Waals surface area contributed by atoms with E-state index in [2.05, 4.69) is 16.4 Å². The van der Waals surface area contributed by atoms with Gasteiger partial charge in [0.25, 0.3) is 0 Å². The van der Waals surface area contributed by atoms with Crippen LogP contribution in [0, 0.1) is 5.92 Å². The predicted molar refractivity (Wildman–Crippen MR) is 77.5 cm³/mol. The molecule has 4 unspecified atom stereocenters. The number of hydrogen-bond acceptors (Lipinski definition) is 5. The maximum Gasteiger partial charge on any atom is 0.184 e. The van der Waals surface area contributed by atoms with Gasteiger partial charge in [-0.15, -0.1) is 0 Å². The number of nitrogens with zero attached hydrogens (tertiary/aromatic N) is 1. The third-order valence-electron chi connectivity index (χ3n) is 4.26. The van der Waals surface area contributed by atoms with Crippen LogP contribution >= 0.6 is 11.3 Å². The molecule has 19 heavy (non-hydrogen) atoms. The zero-order valence-electron chi connectivity index (χ0n) is 10.6. The summed E-state index contributed by atoms with van der Waals surface area (Å²) in [4.78, 5) is 4.60. The quantitative estimate of drug-likeness (QED) is 0.882. The highest BCUT2D eigenvalue weighted by atomic mass is 32.1. The molecule has 0 amide bonds. The van der Waals surface area contributed by atoms with E-state index in [0.717, 1.165) is 23.7 Å². The third-order valence-corrected chi connectivity index (χ3v) is 5.23. The van der Waals surface area contributed by atoms with Gasteiger partial charge < -0.3 is 15.8 Å². The fourth-order valence-corrected chi connectivity index (χ4v) is 4.11. The van der Waals surface area contributed by atoms with Crippen molar-refractivity contribution in [2.45, 2.75) is 31.0 Å². The first-order chi connectivity index (χ1) is 9.33. The number of benzene rings is 1. The molecule has 4 rings (SSSR count). The van der Waals surface area contributed by atoms with Crippen molar-refractivity contribution in [2.75, 3.05) is 11.9 Å². The molecule has 1 aliphatic heterocycles. The smallest absolute Gasteiger partial charge is 0.184 e. The van der Waals surface area contributed by atoms with Crippen LogP contribution in [0.1, 0.15) is 12.8 Å². The number of thiazole rings is 1. The average Bonchev–Trinajstić information content (AvgIpc) is 2.87. The van der Waals surface area contributed by atoms with E-state index in [1.165, 1.54) is 11.1 Å². The Kier molecular flexibility index (Phi) is 2.72. The lowest BCUT2D eigenvalue weighted by atomic mass is 9.69. The number of ether oxygens (including phenoxy) is 1. The number of aromatic nitrogens is 1. The Balaban J connectivity index is 1.54. The first-order valence-corrected chi connectivity index (χ1v) is 7.64. The van der Waals surface area contributed by atoms with Gasteiger partial charge in [0.05, 0.1) is 22.4 Å². The van der Waals surface area contributed by atoms with E-state index in [0.29, 0.717) is 5.92 Å². The van der Waals surface area contributed by atoms with Gasteiger partial charge >= 0.3 is 0 Å². The van der Waals surface area contributed by atoms with Gasteiger partial charge in [-0.25, -0.2) is 4.98 Å². The molecule has 2 aliphatic rings. The molecule has 0 bridgehead atoms. The third kappa shape index (κ3) is 1.84. The summed E-state index contributed by atoms with van der Waals surface area (Å²) in [6.45, 7) is 0.867. The molecule has 1 aromatic carbocycles. The molecule has 1 aliphatic carbocycles. The van der Waals surface area contributed by atoms with Gasteiger partial charge in [-0.05, 0) is 25.0 Å². The molecule has 5 heteroatoms. The maximum atomic E-state index is 6.25. The molecule has 4 nitrogen and oxygen atoms in total. The number of anilines is 1. The number of nitrogens with one attached hydrogen (secondary N) is 1. The second kappa shape index (κ2) is 4.44. The molecule has 0 spiro atoms. The van der Waals surface area contributed by atoms with Crippen LogP contribution in [0.15, 0.2) is 24.3 Å². The van der Waals surface area contributed by atoms with E-state index >= 15 is 0 Å². The van der Waals surface area contributed by atoms with E-state index in [1.807, 2.05) is 18.2 Å². The molecule has 3 N–H and O–H groups in total. The number of nitrogens with two attached hydrogens (primary N) is 1. The zero-order valence-corrected chi connectivity index (χ0v) is 11.4. The van der Waals surface area contributed by atoms with Crippen LogP contribution in [-0.2, 0) is 4.74 Å².